The van der Waals surface area contributed by atoms with Gasteiger partial charge in [0.05, 0.1) is 12.3 Å². The Labute approximate surface area is 210 Å². The molecule has 0 saturated carbocycles. The zero-order valence-electron chi connectivity index (χ0n) is 20.5. The van der Waals surface area contributed by atoms with Gasteiger partial charge in [-0.05, 0) is 77.4 Å². The topological polar surface area (TPSA) is 66.2 Å². The number of hydrogen-bond donors (Lipinski definition) is 0. The molecule has 0 aliphatic carbocycles. The van der Waals surface area contributed by atoms with Crippen LogP contribution in [0, 0.1) is 0 Å². The second-order valence-electron chi connectivity index (χ2n) is 8.21. The van der Waals surface area contributed by atoms with Crippen LogP contribution in [0.1, 0.15) is 76.1 Å². The largest absolute Gasteiger partial charge is 0.489 e. The summed E-state index contributed by atoms with van der Waals surface area (Å²) in [5.41, 5.74) is 3.40. The number of hydrogen-bond acceptors (Lipinski definition) is 5. The maximum absolute atomic E-state index is 11.8. The molecule has 34 heavy (non-hydrogen) atoms. The van der Waals surface area contributed by atoms with Crippen molar-refractivity contribution in [1.82, 2.24) is 14.8 Å². The molecular weight excluding hydrogens is 494 g/mol. The number of pyridine rings is 1. The SMILES string of the molecule is CCC(=O)Oc1cccc(CC)c1OCCCc1cn(-c2ccc(Br)cn2)nc1C(CC)CC. The molecule has 0 aliphatic rings. The van der Waals surface area contributed by atoms with Crippen LogP contribution in [0.5, 0.6) is 11.5 Å². The highest BCUT2D eigenvalue weighted by atomic mass is 79.9. The molecule has 0 saturated heterocycles. The first-order valence-corrected chi connectivity index (χ1v) is 13.0. The van der Waals surface area contributed by atoms with Gasteiger partial charge in [0.25, 0.3) is 0 Å². The standard InChI is InChI=1S/C27H34BrN3O3/c1-5-19(6-2)26-21(18-31(30-26)24-15-14-22(28)17-29-24)12-10-16-33-27-20(7-3)11-9-13-23(27)34-25(32)8-4/h9,11,13-15,17-19H,5-8,10,12,16H2,1-4H3. The summed E-state index contributed by atoms with van der Waals surface area (Å²) in [6.07, 6.45) is 8.77. The molecule has 3 rings (SSSR count). The van der Waals surface area contributed by atoms with Crippen LogP contribution in [0.15, 0.2) is 47.2 Å². The molecule has 0 amide bonds. The van der Waals surface area contributed by atoms with Gasteiger partial charge in [0.15, 0.2) is 17.3 Å². The first kappa shape index (κ1) is 25.9. The number of aromatic nitrogens is 3. The van der Waals surface area contributed by atoms with Gasteiger partial charge in [0.2, 0.25) is 0 Å². The molecule has 7 heteroatoms. The van der Waals surface area contributed by atoms with Crippen LogP contribution in [0.25, 0.3) is 5.82 Å². The number of carbonyl (C=O) groups is 1. The van der Waals surface area contributed by atoms with Gasteiger partial charge in [-0.25, -0.2) is 9.67 Å². The molecule has 3 aromatic rings. The first-order chi connectivity index (χ1) is 16.5. The van der Waals surface area contributed by atoms with Crippen molar-refractivity contribution in [3.05, 3.63) is 64.0 Å². The van der Waals surface area contributed by atoms with Gasteiger partial charge in [-0.2, -0.15) is 5.10 Å². The van der Waals surface area contributed by atoms with Crippen LogP contribution in [-0.2, 0) is 17.6 Å². The van der Waals surface area contributed by atoms with E-state index in [4.69, 9.17) is 14.6 Å². The lowest BCUT2D eigenvalue weighted by atomic mass is 9.95. The van der Waals surface area contributed by atoms with Crippen molar-refractivity contribution in [1.29, 1.82) is 0 Å². The van der Waals surface area contributed by atoms with Crippen LogP contribution >= 0.6 is 15.9 Å². The van der Waals surface area contributed by atoms with Gasteiger partial charge in [0, 0.05) is 29.2 Å². The monoisotopic (exact) mass is 527 g/mol. The van der Waals surface area contributed by atoms with Crippen LogP contribution in [-0.4, -0.2) is 27.3 Å². The Bertz CT molecular complexity index is 1080. The Morgan fingerprint density at radius 2 is 1.88 bits per heavy atom. The van der Waals surface area contributed by atoms with Gasteiger partial charge in [0.1, 0.15) is 0 Å². The number of ether oxygens (including phenoxy) is 2. The number of aryl methyl sites for hydroxylation is 2. The number of esters is 1. The fraction of sp³-hybridized carbons (Fsp3) is 0.444. The Morgan fingerprint density at radius 1 is 1.09 bits per heavy atom. The third-order valence-electron chi connectivity index (χ3n) is 5.93. The highest BCUT2D eigenvalue weighted by Crippen LogP contribution is 2.33. The second-order valence-corrected chi connectivity index (χ2v) is 9.13. The van der Waals surface area contributed by atoms with Crippen LogP contribution in [0.4, 0.5) is 0 Å². The lowest BCUT2D eigenvalue weighted by Crippen LogP contribution is -2.09. The van der Waals surface area contributed by atoms with Crippen molar-refractivity contribution in [2.75, 3.05) is 6.61 Å². The third kappa shape index (κ3) is 6.47. The summed E-state index contributed by atoms with van der Waals surface area (Å²) in [5.74, 6) is 2.12. The van der Waals surface area contributed by atoms with E-state index in [9.17, 15) is 4.79 Å². The summed E-state index contributed by atoms with van der Waals surface area (Å²) >= 11 is 3.44. The van der Waals surface area contributed by atoms with Gasteiger partial charge in [-0.1, -0.05) is 39.8 Å². The highest BCUT2D eigenvalue weighted by Gasteiger charge is 2.18. The van der Waals surface area contributed by atoms with E-state index in [0.29, 0.717) is 30.4 Å². The fourth-order valence-electron chi connectivity index (χ4n) is 3.97. The summed E-state index contributed by atoms with van der Waals surface area (Å²) in [7, 11) is 0. The Balaban J connectivity index is 1.74. The number of rotatable bonds is 12. The molecule has 0 unspecified atom stereocenters. The molecule has 0 aliphatic heterocycles. The molecule has 182 valence electrons. The summed E-state index contributed by atoms with van der Waals surface area (Å²) in [6.45, 7) is 8.79. The number of benzene rings is 1. The zero-order valence-corrected chi connectivity index (χ0v) is 22.1. The van der Waals surface area contributed by atoms with E-state index in [1.807, 2.05) is 28.9 Å². The summed E-state index contributed by atoms with van der Waals surface area (Å²) in [5, 5.41) is 4.91. The fourth-order valence-corrected chi connectivity index (χ4v) is 4.21. The predicted octanol–water partition coefficient (Wildman–Crippen LogP) is 6.82. The minimum Gasteiger partial charge on any atom is -0.489 e. The van der Waals surface area contributed by atoms with Gasteiger partial charge in [-0.15, -0.1) is 0 Å². The number of nitrogens with zero attached hydrogens (tertiary/aromatic N) is 3. The molecule has 0 fully saturated rings. The van der Waals surface area contributed by atoms with Crippen molar-refractivity contribution in [3.63, 3.8) is 0 Å². The summed E-state index contributed by atoms with van der Waals surface area (Å²) in [4.78, 5) is 16.3. The van der Waals surface area contributed by atoms with E-state index in [2.05, 4.69) is 47.9 Å². The van der Waals surface area contributed by atoms with Crippen molar-refractivity contribution in [2.45, 2.75) is 72.1 Å². The molecule has 0 bridgehead atoms. The second kappa shape index (κ2) is 12.7. The number of carbonyl (C=O) groups excluding carboxylic acids is 1. The van der Waals surface area contributed by atoms with Gasteiger partial charge >= 0.3 is 5.97 Å². The highest BCUT2D eigenvalue weighted by molar-refractivity contribution is 9.10. The van der Waals surface area contributed by atoms with Crippen molar-refractivity contribution in [3.8, 4) is 17.3 Å². The van der Waals surface area contributed by atoms with E-state index in [-0.39, 0.29) is 5.97 Å². The average molecular weight is 528 g/mol. The van der Waals surface area contributed by atoms with Crippen molar-refractivity contribution < 1.29 is 14.3 Å². The number of halogens is 1. The lowest BCUT2D eigenvalue weighted by Gasteiger charge is -2.15. The van der Waals surface area contributed by atoms with Gasteiger partial charge < -0.3 is 9.47 Å². The van der Waals surface area contributed by atoms with E-state index in [1.54, 1.807) is 19.2 Å². The average Bonchev–Trinajstić information content (AvgIpc) is 3.27. The Morgan fingerprint density at radius 3 is 2.53 bits per heavy atom. The molecule has 0 N–H and O–H groups in total. The molecule has 1 aromatic carbocycles. The maximum atomic E-state index is 11.8. The van der Waals surface area contributed by atoms with E-state index < -0.39 is 0 Å². The van der Waals surface area contributed by atoms with Crippen molar-refractivity contribution >= 4 is 21.9 Å². The molecule has 0 radical (unpaired) electrons. The van der Waals surface area contributed by atoms with Crippen LogP contribution in [0.2, 0.25) is 0 Å². The predicted molar refractivity (Wildman–Crippen MR) is 138 cm³/mol. The number of para-hydroxylation sites is 1. The van der Waals surface area contributed by atoms with Gasteiger partial charge in [-0.3, -0.25) is 4.79 Å². The van der Waals surface area contributed by atoms with Crippen molar-refractivity contribution in [2.24, 2.45) is 0 Å². The summed E-state index contributed by atoms with van der Waals surface area (Å²) in [6, 6.07) is 9.64. The minimum absolute atomic E-state index is 0.262. The molecule has 0 atom stereocenters. The molecule has 0 spiro atoms. The summed E-state index contributed by atoms with van der Waals surface area (Å²) < 4.78 is 14.5. The molecular formula is C27H34BrN3O3. The minimum atomic E-state index is -0.262. The molecule has 6 nitrogen and oxygen atoms in total. The normalized spacial score (nSPS) is 11.1. The molecule has 2 heterocycles. The van der Waals surface area contributed by atoms with E-state index in [0.717, 1.165) is 53.7 Å². The third-order valence-corrected chi connectivity index (χ3v) is 6.40. The maximum Gasteiger partial charge on any atom is 0.311 e. The van der Waals surface area contributed by atoms with Crippen LogP contribution in [0.3, 0.4) is 0 Å². The smallest absolute Gasteiger partial charge is 0.311 e. The van der Waals surface area contributed by atoms with Crippen LogP contribution < -0.4 is 9.47 Å². The quantitative estimate of drug-likeness (QED) is 0.147. The Hall–Kier alpha value is -2.67. The van der Waals surface area contributed by atoms with E-state index >= 15 is 0 Å². The molecule has 2 aromatic heterocycles. The first-order valence-electron chi connectivity index (χ1n) is 12.2. The Kier molecular flexibility index (Phi) is 9.69. The lowest BCUT2D eigenvalue weighted by molar-refractivity contribution is -0.134. The van der Waals surface area contributed by atoms with E-state index in [1.165, 1.54) is 5.56 Å². The zero-order chi connectivity index (χ0) is 24.5.